The number of carbonyl (C=O) groups is 3. The SMILES string of the molecule is COc1ccc(C(=O)NCC(=O)OCC(=O)Nc2cc([N+](=O)[O-])ccc2Cl)cc1. The number of hydrogen-bond donors (Lipinski definition) is 2. The number of hydrogen-bond acceptors (Lipinski definition) is 7. The number of nitrogens with one attached hydrogen (secondary N) is 2. The van der Waals surface area contributed by atoms with Crippen molar-refractivity contribution in [2.75, 3.05) is 25.6 Å². The number of non-ortho nitro benzene ring substituents is 1. The van der Waals surface area contributed by atoms with Crippen LogP contribution in [0, 0.1) is 10.1 Å². The minimum Gasteiger partial charge on any atom is -0.497 e. The molecule has 2 rings (SSSR count). The molecule has 0 spiro atoms. The molecule has 0 aromatic heterocycles. The van der Waals surface area contributed by atoms with Crippen molar-refractivity contribution in [3.63, 3.8) is 0 Å². The van der Waals surface area contributed by atoms with Crippen molar-refractivity contribution in [3.8, 4) is 5.75 Å². The maximum atomic E-state index is 11.9. The number of nitro groups is 1. The van der Waals surface area contributed by atoms with Gasteiger partial charge in [0.2, 0.25) is 0 Å². The molecule has 2 aromatic rings. The molecule has 2 N–H and O–H groups in total. The first kappa shape index (κ1) is 21.6. The summed E-state index contributed by atoms with van der Waals surface area (Å²) in [7, 11) is 1.49. The summed E-state index contributed by atoms with van der Waals surface area (Å²) in [5.74, 6) is -1.51. The standard InChI is InChI=1S/C18H16ClN3O7/c1-28-13-5-2-11(3-6-13)18(25)20-9-17(24)29-10-16(23)21-15-8-12(22(26)27)4-7-14(15)19/h2-8H,9-10H2,1H3,(H,20,25)(H,21,23). The number of anilines is 1. The Bertz CT molecular complexity index is 932. The summed E-state index contributed by atoms with van der Waals surface area (Å²) in [5.41, 5.74) is 0.0642. The molecule has 0 aliphatic heterocycles. The Hall–Kier alpha value is -3.66. The normalized spacial score (nSPS) is 10.0. The molecule has 152 valence electrons. The van der Waals surface area contributed by atoms with Gasteiger partial charge < -0.3 is 20.1 Å². The Labute approximate surface area is 169 Å². The second kappa shape index (κ2) is 10.0. The third-order valence-corrected chi connectivity index (χ3v) is 3.87. The van der Waals surface area contributed by atoms with Gasteiger partial charge in [-0.15, -0.1) is 0 Å². The number of nitro benzene ring substituents is 1. The number of rotatable bonds is 8. The average molecular weight is 422 g/mol. The quantitative estimate of drug-likeness (QED) is 0.378. The summed E-state index contributed by atoms with van der Waals surface area (Å²) in [6.45, 7) is -1.11. The number of methoxy groups -OCH3 is 1. The zero-order chi connectivity index (χ0) is 21.4. The van der Waals surface area contributed by atoms with E-state index in [9.17, 15) is 24.5 Å². The molecule has 0 unspecified atom stereocenters. The lowest BCUT2D eigenvalue weighted by atomic mass is 10.2. The van der Waals surface area contributed by atoms with E-state index >= 15 is 0 Å². The highest BCUT2D eigenvalue weighted by Crippen LogP contribution is 2.26. The first-order chi connectivity index (χ1) is 13.8. The van der Waals surface area contributed by atoms with Crippen LogP contribution in [0.1, 0.15) is 10.4 Å². The van der Waals surface area contributed by atoms with E-state index in [2.05, 4.69) is 10.6 Å². The van der Waals surface area contributed by atoms with Crippen LogP contribution in [0.3, 0.4) is 0 Å². The fourth-order valence-corrected chi connectivity index (χ4v) is 2.27. The summed E-state index contributed by atoms with van der Waals surface area (Å²) in [4.78, 5) is 45.6. The van der Waals surface area contributed by atoms with E-state index in [1.54, 1.807) is 12.1 Å². The largest absolute Gasteiger partial charge is 0.497 e. The van der Waals surface area contributed by atoms with E-state index in [4.69, 9.17) is 21.1 Å². The fraction of sp³-hybridized carbons (Fsp3) is 0.167. The second-order valence-corrected chi connectivity index (χ2v) is 5.95. The maximum absolute atomic E-state index is 11.9. The van der Waals surface area contributed by atoms with Crippen LogP contribution in [0.5, 0.6) is 5.75 Å². The average Bonchev–Trinajstić information content (AvgIpc) is 2.72. The number of benzene rings is 2. The number of halogens is 1. The monoisotopic (exact) mass is 421 g/mol. The van der Waals surface area contributed by atoms with Gasteiger partial charge in [-0.2, -0.15) is 0 Å². The zero-order valence-electron chi connectivity index (χ0n) is 15.1. The minimum absolute atomic E-state index is 0.00900. The smallest absolute Gasteiger partial charge is 0.325 e. The van der Waals surface area contributed by atoms with Crippen LogP contribution in [-0.4, -0.2) is 43.0 Å². The van der Waals surface area contributed by atoms with Gasteiger partial charge in [0.25, 0.3) is 17.5 Å². The van der Waals surface area contributed by atoms with Crippen LogP contribution in [-0.2, 0) is 14.3 Å². The maximum Gasteiger partial charge on any atom is 0.325 e. The molecular formula is C18H16ClN3O7. The van der Waals surface area contributed by atoms with Crippen molar-refractivity contribution in [1.29, 1.82) is 0 Å². The van der Waals surface area contributed by atoms with Crippen molar-refractivity contribution >= 4 is 40.8 Å². The van der Waals surface area contributed by atoms with E-state index in [1.165, 1.54) is 31.4 Å². The van der Waals surface area contributed by atoms with Crippen LogP contribution in [0.4, 0.5) is 11.4 Å². The number of esters is 1. The Balaban J connectivity index is 1.79. The Morgan fingerprint density at radius 2 is 1.83 bits per heavy atom. The molecule has 0 saturated heterocycles. The molecule has 0 aliphatic rings. The Morgan fingerprint density at radius 1 is 1.14 bits per heavy atom. The fourth-order valence-electron chi connectivity index (χ4n) is 2.10. The van der Waals surface area contributed by atoms with Gasteiger partial charge >= 0.3 is 5.97 Å². The van der Waals surface area contributed by atoms with Crippen molar-refractivity contribution in [1.82, 2.24) is 5.32 Å². The van der Waals surface area contributed by atoms with Crippen molar-refractivity contribution < 1.29 is 28.8 Å². The van der Waals surface area contributed by atoms with Crippen LogP contribution in [0.15, 0.2) is 42.5 Å². The van der Waals surface area contributed by atoms with E-state index in [1.807, 2.05) is 0 Å². The first-order valence-corrected chi connectivity index (χ1v) is 8.49. The lowest BCUT2D eigenvalue weighted by molar-refractivity contribution is -0.384. The van der Waals surface area contributed by atoms with E-state index in [0.717, 1.165) is 6.07 Å². The van der Waals surface area contributed by atoms with Crippen LogP contribution < -0.4 is 15.4 Å². The summed E-state index contributed by atoms with van der Waals surface area (Å²) >= 11 is 5.87. The highest BCUT2D eigenvalue weighted by molar-refractivity contribution is 6.33. The highest BCUT2D eigenvalue weighted by atomic mass is 35.5. The van der Waals surface area contributed by atoms with E-state index < -0.39 is 35.9 Å². The highest BCUT2D eigenvalue weighted by Gasteiger charge is 2.14. The predicted octanol–water partition coefficient (Wildman–Crippen LogP) is 2.17. The molecule has 0 saturated carbocycles. The molecule has 0 atom stereocenters. The van der Waals surface area contributed by atoms with Crippen molar-refractivity contribution in [2.24, 2.45) is 0 Å². The number of amides is 2. The summed E-state index contributed by atoms with van der Waals surface area (Å²) in [6, 6.07) is 9.76. The van der Waals surface area contributed by atoms with Gasteiger partial charge in [0, 0.05) is 17.7 Å². The molecular weight excluding hydrogens is 406 g/mol. The molecule has 0 aliphatic carbocycles. The summed E-state index contributed by atoms with van der Waals surface area (Å²) in [6.07, 6.45) is 0. The number of carbonyl (C=O) groups excluding carboxylic acids is 3. The van der Waals surface area contributed by atoms with Gasteiger partial charge in [-0.3, -0.25) is 24.5 Å². The molecule has 0 fully saturated rings. The lowest BCUT2D eigenvalue weighted by Gasteiger charge is -2.09. The van der Waals surface area contributed by atoms with Crippen LogP contribution >= 0.6 is 11.6 Å². The van der Waals surface area contributed by atoms with Gasteiger partial charge in [-0.25, -0.2) is 0 Å². The Kier molecular flexibility index (Phi) is 7.49. The molecule has 0 bridgehead atoms. The predicted molar refractivity (Wildman–Crippen MR) is 103 cm³/mol. The van der Waals surface area contributed by atoms with Crippen LogP contribution in [0.2, 0.25) is 5.02 Å². The molecule has 2 amide bonds. The second-order valence-electron chi connectivity index (χ2n) is 5.54. The third kappa shape index (κ3) is 6.47. The molecule has 10 nitrogen and oxygen atoms in total. The summed E-state index contributed by atoms with van der Waals surface area (Å²) < 4.78 is 9.74. The number of ether oxygens (including phenoxy) is 2. The molecule has 0 radical (unpaired) electrons. The topological polar surface area (TPSA) is 137 Å². The number of nitrogens with zero attached hydrogens (tertiary/aromatic N) is 1. The van der Waals surface area contributed by atoms with Crippen LogP contribution in [0.25, 0.3) is 0 Å². The molecule has 11 heteroatoms. The minimum atomic E-state index is -0.841. The van der Waals surface area contributed by atoms with Gasteiger partial charge in [0.15, 0.2) is 6.61 Å². The lowest BCUT2D eigenvalue weighted by Crippen LogP contribution is -2.32. The van der Waals surface area contributed by atoms with Gasteiger partial charge in [0.05, 0.1) is 22.7 Å². The van der Waals surface area contributed by atoms with Gasteiger partial charge in [0.1, 0.15) is 12.3 Å². The summed E-state index contributed by atoms with van der Waals surface area (Å²) in [5, 5.41) is 15.5. The zero-order valence-corrected chi connectivity index (χ0v) is 15.9. The van der Waals surface area contributed by atoms with Crippen molar-refractivity contribution in [3.05, 3.63) is 63.2 Å². The van der Waals surface area contributed by atoms with Crippen molar-refractivity contribution in [2.45, 2.75) is 0 Å². The van der Waals surface area contributed by atoms with Gasteiger partial charge in [-0.1, -0.05) is 11.6 Å². The van der Waals surface area contributed by atoms with E-state index in [-0.39, 0.29) is 16.4 Å². The van der Waals surface area contributed by atoms with E-state index in [0.29, 0.717) is 11.3 Å². The first-order valence-electron chi connectivity index (χ1n) is 8.12. The third-order valence-electron chi connectivity index (χ3n) is 3.54. The Morgan fingerprint density at radius 3 is 2.45 bits per heavy atom. The van der Waals surface area contributed by atoms with Gasteiger partial charge in [-0.05, 0) is 30.3 Å². The molecule has 2 aromatic carbocycles. The molecule has 29 heavy (non-hydrogen) atoms. The molecule has 0 heterocycles.